The molecule has 0 amide bonds. The predicted octanol–water partition coefficient (Wildman–Crippen LogP) is 3.11. The third-order valence-electron chi connectivity index (χ3n) is 3.64. The normalized spacial score (nSPS) is 17.2. The van der Waals surface area contributed by atoms with E-state index in [4.69, 9.17) is 10.5 Å². The Bertz CT molecular complexity index is 425. The van der Waals surface area contributed by atoms with E-state index in [2.05, 4.69) is 28.2 Å². The van der Waals surface area contributed by atoms with Crippen LogP contribution >= 0.6 is 28.3 Å². The molecule has 1 aliphatic carbocycles. The van der Waals surface area contributed by atoms with Crippen molar-refractivity contribution in [3.8, 4) is 5.75 Å². The first-order chi connectivity index (χ1) is 9.03. The fourth-order valence-electron chi connectivity index (χ4n) is 2.22. The van der Waals surface area contributed by atoms with Gasteiger partial charge in [-0.25, -0.2) is 4.39 Å². The van der Waals surface area contributed by atoms with Gasteiger partial charge in [-0.2, -0.15) is 0 Å². The number of hydrogen-bond acceptors (Lipinski definition) is 3. The van der Waals surface area contributed by atoms with Crippen LogP contribution in [-0.4, -0.2) is 25.2 Å². The van der Waals surface area contributed by atoms with Crippen LogP contribution in [0.4, 0.5) is 4.39 Å². The van der Waals surface area contributed by atoms with E-state index in [1.54, 1.807) is 6.07 Å². The monoisotopic (exact) mass is 366 g/mol. The zero-order chi connectivity index (χ0) is 13.9. The van der Waals surface area contributed by atoms with Gasteiger partial charge >= 0.3 is 0 Å². The van der Waals surface area contributed by atoms with Gasteiger partial charge in [-0.1, -0.05) is 15.9 Å². The van der Waals surface area contributed by atoms with Crippen LogP contribution < -0.4 is 15.8 Å². The fourth-order valence-corrected chi connectivity index (χ4v) is 2.67. The van der Waals surface area contributed by atoms with Gasteiger partial charge in [-0.05, 0) is 37.8 Å². The molecule has 0 radical (unpaired) electrons. The van der Waals surface area contributed by atoms with Crippen LogP contribution in [-0.2, 0) is 0 Å². The third-order valence-corrected chi connectivity index (χ3v) is 4.10. The van der Waals surface area contributed by atoms with Crippen LogP contribution in [0.3, 0.4) is 0 Å². The number of rotatable bonds is 7. The number of ether oxygens (including phenoxy) is 1. The number of benzene rings is 1. The minimum Gasteiger partial charge on any atom is -0.492 e. The van der Waals surface area contributed by atoms with Gasteiger partial charge in [0.25, 0.3) is 0 Å². The zero-order valence-electron chi connectivity index (χ0n) is 11.5. The molecule has 1 aliphatic rings. The highest BCUT2D eigenvalue weighted by atomic mass is 79.9. The van der Waals surface area contributed by atoms with Crippen LogP contribution in [0.25, 0.3) is 0 Å². The SMILES string of the molecule is CC(CN)(NCCOc1cc(F)cc(Br)c1)C1CC1.Cl. The van der Waals surface area contributed by atoms with Gasteiger partial charge in [0.2, 0.25) is 0 Å². The van der Waals surface area contributed by atoms with Crippen molar-refractivity contribution in [1.82, 2.24) is 5.32 Å². The van der Waals surface area contributed by atoms with Crippen molar-refractivity contribution in [2.24, 2.45) is 11.7 Å². The summed E-state index contributed by atoms with van der Waals surface area (Å²) in [5.74, 6) is 0.914. The first kappa shape index (κ1) is 17.7. The molecule has 1 atom stereocenters. The number of halogens is 3. The van der Waals surface area contributed by atoms with Crippen molar-refractivity contribution in [2.75, 3.05) is 19.7 Å². The van der Waals surface area contributed by atoms with Crippen LogP contribution in [0, 0.1) is 11.7 Å². The zero-order valence-corrected chi connectivity index (χ0v) is 13.9. The summed E-state index contributed by atoms with van der Waals surface area (Å²) in [6, 6.07) is 4.55. The highest BCUT2D eigenvalue weighted by Crippen LogP contribution is 2.38. The predicted molar refractivity (Wildman–Crippen MR) is 85.0 cm³/mol. The van der Waals surface area contributed by atoms with Crippen molar-refractivity contribution in [3.05, 3.63) is 28.5 Å². The molecule has 0 spiro atoms. The standard InChI is InChI=1S/C14H20BrFN2O.ClH/c1-14(9-17,10-2-3-10)18-4-5-19-13-7-11(15)6-12(16)8-13;/h6-8,10,18H,2-5,9,17H2,1H3;1H. The van der Waals surface area contributed by atoms with Gasteiger partial charge in [-0.3, -0.25) is 0 Å². The van der Waals surface area contributed by atoms with Crippen molar-refractivity contribution in [3.63, 3.8) is 0 Å². The van der Waals surface area contributed by atoms with Crippen molar-refractivity contribution in [2.45, 2.75) is 25.3 Å². The van der Waals surface area contributed by atoms with Gasteiger partial charge in [0.1, 0.15) is 18.2 Å². The second-order valence-electron chi connectivity index (χ2n) is 5.28. The maximum atomic E-state index is 13.2. The highest BCUT2D eigenvalue weighted by Gasteiger charge is 2.39. The minimum absolute atomic E-state index is 0. The van der Waals surface area contributed by atoms with Crippen LogP contribution in [0.15, 0.2) is 22.7 Å². The Morgan fingerprint density at radius 3 is 2.70 bits per heavy atom. The largest absolute Gasteiger partial charge is 0.492 e. The molecule has 1 saturated carbocycles. The molecule has 1 aromatic rings. The molecule has 114 valence electrons. The maximum absolute atomic E-state index is 13.2. The summed E-state index contributed by atoms with van der Waals surface area (Å²) in [6.07, 6.45) is 2.50. The Morgan fingerprint density at radius 1 is 1.45 bits per heavy atom. The third kappa shape index (κ3) is 4.88. The Kier molecular flexibility index (Phi) is 6.72. The van der Waals surface area contributed by atoms with E-state index in [1.807, 2.05) is 0 Å². The number of nitrogens with one attached hydrogen (secondary N) is 1. The second kappa shape index (κ2) is 7.59. The Morgan fingerprint density at radius 2 is 2.15 bits per heavy atom. The van der Waals surface area contributed by atoms with E-state index < -0.39 is 0 Å². The molecular weight excluding hydrogens is 347 g/mol. The molecule has 3 nitrogen and oxygen atoms in total. The molecule has 1 unspecified atom stereocenters. The van der Waals surface area contributed by atoms with E-state index in [9.17, 15) is 4.39 Å². The Labute approximate surface area is 134 Å². The summed E-state index contributed by atoms with van der Waals surface area (Å²) in [7, 11) is 0. The lowest BCUT2D eigenvalue weighted by molar-refractivity contribution is 0.261. The molecule has 1 fully saturated rings. The average molecular weight is 368 g/mol. The van der Waals surface area contributed by atoms with Crippen LogP contribution in [0.2, 0.25) is 0 Å². The average Bonchev–Trinajstić information content (AvgIpc) is 3.17. The van der Waals surface area contributed by atoms with Crippen LogP contribution in [0.5, 0.6) is 5.75 Å². The first-order valence-electron chi connectivity index (χ1n) is 6.57. The molecule has 3 N–H and O–H groups in total. The summed E-state index contributed by atoms with van der Waals surface area (Å²) in [6.45, 7) is 3.99. The second-order valence-corrected chi connectivity index (χ2v) is 6.19. The summed E-state index contributed by atoms with van der Waals surface area (Å²) >= 11 is 3.24. The summed E-state index contributed by atoms with van der Waals surface area (Å²) in [5.41, 5.74) is 5.83. The highest BCUT2D eigenvalue weighted by molar-refractivity contribution is 9.10. The topological polar surface area (TPSA) is 47.3 Å². The molecule has 0 saturated heterocycles. The molecular formula is C14H21BrClFN2O. The minimum atomic E-state index is -0.304. The summed E-state index contributed by atoms with van der Waals surface area (Å²) < 4.78 is 19.4. The smallest absolute Gasteiger partial charge is 0.128 e. The van der Waals surface area contributed by atoms with Crippen molar-refractivity contribution in [1.29, 1.82) is 0 Å². The van der Waals surface area contributed by atoms with Gasteiger partial charge in [0, 0.05) is 29.2 Å². The molecule has 0 aromatic heterocycles. The van der Waals surface area contributed by atoms with E-state index in [0.717, 1.165) is 0 Å². The van der Waals surface area contributed by atoms with E-state index in [0.29, 0.717) is 35.8 Å². The first-order valence-corrected chi connectivity index (χ1v) is 7.37. The lowest BCUT2D eigenvalue weighted by atomic mass is 9.96. The van der Waals surface area contributed by atoms with Gasteiger partial charge in [-0.15, -0.1) is 12.4 Å². The van der Waals surface area contributed by atoms with Gasteiger partial charge < -0.3 is 15.8 Å². The summed E-state index contributed by atoms with van der Waals surface area (Å²) in [5, 5.41) is 3.45. The summed E-state index contributed by atoms with van der Waals surface area (Å²) in [4.78, 5) is 0. The number of hydrogen-bond donors (Lipinski definition) is 2. The molecule has 1 aromatic carbocycles. The number of nitrogens with two attached hydrogens (primary N) is 1. The lowest BCUT2D eigenvalue weighted by Crippen LogP contribution is -2.51. The Balaban J connectivity index is 0.00000200. The van der Waals surface area contributed by atoms with E-state index in [-0.39, 0.29) is 23.8 Å². The quantitative estimate of drug-likeness (QED) is 0.728. The van der Waals surface area contributed by atoms with E-state index in [1.165, 1.54) is 25.0 Å². The van der Waals surface area contributed by atoms with Gasteiger partial charge in [0.15, 0.2) is 0 Å². The molecule has 6 heteroatoms. The molecule has 0 aliphatic heterocycles. The van der Waals surface area contributed by atoms with Crippen molar-refractivity contribution < 1.29 is 9.13 Å². The maximum Gasteiger partial charge on any atom is 0.128 e. The lowest BCUT2D eigenvalue weighted by Gasteiger charge is -2.29. The molecule has 2 rings (SSSR count). The van der Waals surface area contributed by atoms with Gasteiger partial charge in [0.05, 0.1) is 0 Å². The molecule has 0 bridgehead atoms. The Hall–Kier alpha value is -0.360. The molecule has 20 heavy (non-hydrogen) atoms. The fraction of sp³-hybridized carbons (Fsp3) is 0.571. The molecule has 0 heterocycles. The van der Waals surface area contributed by atoms with E-state index >= 15 is 0 Å². The van der Waals surface area contributed by atoms with Crippen molar-refractivity contribution >= 4 is 28.3 Å². The van der Waals surface area contributed by atoms with Crippen LogP contribution in [0.1, 0.15) is 19.8 Å².